The quantitative estimate of drug-likeness (QED) is 0.647. The number of pyridine rings is 1. The monoisotopic (exact) mass is 387 g/mol. The molecule has 0 spiro atoms. The van der Waals surface area contributed by atoms with Crippen LogP contribution < -0.4 is 15.4 Å². The first-order valence-corrected chi connectivity index (χ1v) is 9.50. The number of carbonyl (C=O) groups is 2. The number of hydrogen-bond acceptors (Lipinski definition) is 4. The number of benzene rings is 2. The summed E-state index contributed by atoms with van der Waals surface area (Å²) in [5.74, 6) is 0.347. The van der Waals surface area contributed by atoms with Crippen molar-refractivity contribution in [2.75, 3.05) is 5.32 Å². The van der Waals surface area contributed by atoms with Crippen molar-refractivity contribution in [1.82, 2.24) is 10.3 Å². The van der Waals surface area contributed by atoms with E-state index in [1.54, 1.807) is 24.5 Å². The fourth-order valence-electron chi connectivity index (χ4n) is 3.10. The van der Waals surface area contributed by atoms with Crippen molar-refractivity contribution in [3.05, 3.63) is 84.7 Å². The van der Waals surface area contributed by atoms with Gasteiger partial charge in [0.1, 0.15) is 5.75 Å². The highest BCUT2D eigenvalue weighted by Gasteiger charge is 2.48. The van der Waals surface area contributed by atoms with E-state index >= 15 is 0 Å². The van der Waals surface area contributed by atoms with E-state index in [0.717, 1.165) is 5.56 Å². The van der Waals surface area contributed by atoms with Crippen LogP contribution in [0, 0.1) is 11.8 Å². The minimum Gasteiger partial charge on any atom is -0.455 e. The van der Waals surface area contributed by atoms with Crippen LogP contribution in [0.3, 0.4) is 0 Å². The van der Waals surface area contributed by atoms with Gasteiger partial charge in [-0.3, -0.25) is 14.6 Å². The second kappa shape index (κ2) is 8.56. The molecule has 0 bridgehead atoms. The summed E-state index contributed by atoms with van der Waals surface area (Å²) < 4.78 is 5.87. The van der Waals surface area contributed by atoms with Crippen LogP contribution in [0.5, 0.6) is 11.5 Å². The molecule has 2 atom stereocenters. The van der Waals surface area contributed by atoms with Gasteiger partial charge in [0, 0.05) is 18.9 Å². The number of ether oxygens (including phenoxy) is 1. The molecule has 1 aliphatic carbocycles. The average molecular weight is 387 g/mol. The molecule has 2 unspecified atom stereocenters. The Morgan fingerprint density at radius 2 is 1.69 bits per heavy atom. The summed E-state index contributed by atoms with van der Waals surface area (Å²) >= 11 is 0. The Kier molecular flexibility index (Phi) is 5.52. The number of aromatic nitrogens is 1. The molecule has 146 valence electrons. The van der Waals surface area contributed by atoms with Crippen LogP contribution in [-0.4, -0.2) is 16.8 Å². The third kappa shape index (κ3) is 4.79. The predicted molar refractivity (Wildman–Crippen MR) is 109 cm³/mol. The van der Waals surface area contributed by atoms with E-state index in [1.807, 2.05) is 54.6 Å². The lowest BCUT2D eigenvalue weighted by Gasteiger charge is -2.12. The first-order valence-electron chi connectivity index (χ1n) is 9.50. The maximum absolute atomic E-state index is 12.6. The predicted octanol–water partition coefficient (Wildman–Crippen LogP) is 3.76. The lowest BCUT2D eigenvalue weighted by atomic mass is 10.2. The highest BCUT2D eigenvalue weighted by Crippen LogP contribution is 2.40. The van der Waals surface area contributed by atoms with Gasteiger partial charge in [-0.2, -0.15) is 0 Å². The van der Waals surface area contributed by atoms with E-state index in [2.05, 4.69) is 15.6 Å². The van der Waals surface area contributed by atoms with Crippen LogP contribution in [0.1, 0.15) is 12.0 Å². The minimum atomic E-state index is -0.325. The Balaban J connectivity index is 1.33. The van der Waals surface area contributed by atoms with Gasteiger partial charge < -0.3 is 15.4 Å². The Hall–Kier alpha value is -3.67. The molecule has 29 heavy (non-hydrogen) atoms. The maximum Gasteiger partial charge on any atom is 0.228 e. The molecule has 0 radical (unpaired) electrons. The van der Waals surface area contributed by atoms with Gasteiger partial charge in [-0.05, 0) is 42.3 Å². The lowest BCUT2D eigenvalue weighted by molar-refractivity contribution is -0.125. The van der Waals surface area contributed by atoms with E-state index in [4.69, 9.17) is 4.74 Å². The Bertz CT molecular complexity index is 993. The molecular formula is C23H21N3O3. The Morgan fingerprint density at radius 3 is 2.48 bits per heavy atom. The molecule has 1 saturated carbocycles. The van der Waals surface area contributed by atoms with Crippen molar-refractivity contribution in [2.45, 2.75) is 13.0 Å². The van der Waals surface area contributed by atoms with Gasteiger partial charge >= 0.3 is 0 Å². The van der Waals surface area contributed by atoms with Crippen molar-refractivity contribution in [2.24, 2.45) is 11.8 Å². The summed E-state index contributed by atoms with van der Waals surface area (Å²) in [6.07, 6.45) is 3.94. The third-order valence-corrected chi connectivity index (χ3v) is 4.77. The second-order valence-corrected chi connectivity index (χ2v) is 6.93. The zero-order chi connectivity index (χ0) is 20.1. The molecule has 2 aromatic carbocycles. The van der Waals surface area contributed by atoms with Gasteiger partial charge in [0.15, 0.2) is 5.75 Å². The molecule has 0 aliphatic heterocycles. The number of para-hydroxylation sites is 3. The number of amides is 2. The van der Waals surface area contributed by atoms with Crippen molar-refractivity contribution < 1.29 is 14.3 Å². The fourth-order valence-corrected chi connectivity index (χ4v) is 3.10. The van der Waals surface area contributed by atoms with Gasteiger partial charge in [0.25, 0.3) is 0 Å². The summed E-state index contributed by atoms with van der Waals surface area (Å²) in [6.45, 7) is 0.408. The first kappa shape index (κ1) is 18.7. The van der Waals surface area contributed by atoms with Gasteiger partial charge in [0.05, 0.1) is 17.5 Å². The number of carbonyl (C=O) groups excluding carboxylic acids is 2. The van der Waals surface area contributed by atoms with Crippen LogP contribution in [0.25, 0.3) is 0 Å². The van der Waals surface area contributed by atoms with Crippen LogP contribution in [0.15, 0.2) is 79.1 Å². The highest BCUT2D eigenvalue weighted by molar-refractivity contribution is 6.00. The molecule has 2 N–H and O–H groups in total. The number of nitrogens with one attached hydrogen (secondary N) is 2. The van der Waals surface area contributed by atoms with Crippen molar-refractivity contribution in [1.29, 1.82) is 0 Å². The van der Waals surface area contributed by atoms with Crippen LogP contribution in [0.4, 0.5) is 5.69 Å². The molecule has 1 heterocycles. The minimum absolute atomic E-state index is 0.108. The van der Waals surface area contributed by atoms with Gasteiger partial charge in [-0.25, -0.2) is 0 Å². The summed E-state index contributed by atoms with van der Waals surface area (Å²) in [6, 6.07) is 20.4. The van der Waals surface area contributed by atoms with Crippen molar-refractivity contribution in [3.63, 3.8) is 0 Å². The number of hydrogen-bond donors (Lipinski definition) is 2. The number of anilines is 1. The van der Waals surface area contributed by atoms with Crippen LogP contribution in [0.2, 0.25) is 0 Å². The smallest absolute Gasteiger partial charge is 0.228 e. The number of rotatable bonds is 7. The molecule has 6 nitrogen and oxygen atoms in total. The van der Waals surface area contributed by atoms with Crippen LogP contribution in [-0.2, 0) is 16.1 Å². The Morgan fingerprint density at radius 1 is 0.931 bits per heavy atom. The second-order valence-electron chi connectivity index (χ2n) is 6.93. The van der Waals surface area contributed by atoms with Gasteiger partial charge in [-0.1, -0.05) is 36.4 Å². The molecule has 0 saturated heterocycles. The molecule has 1 aliphatic rings. The first-order chi connectivity index (χ1) is 14.2. The molecular weight excluding hydrogens is 366 g/mol. The number of nitrogens with zero attached hydrogens (tertiary/aromatic N) is 1. The molecule has 1 aromatic heterocycles. The standard InChI is InChI=1S/C23H21N3O3/c27-22(25-15-16-7-6-12-24-14-16)18-13-19(18)23(28)26-20-10-4-5-11-21(20)29-17-8-2-1-3-9-17/h1-12,14,18-19H,13,15H2,(H,25,27)(H,26,28). The van der Waals surface area contributed by atoms with E-state index < -0.39 is 0 Å². The van der Waals surface area contributed by atoms with Crippen molar-refractivity contribution in [3.8, 4) is 11.5 Å². The topological polar surface area (TPSA) is 80.3 Å². The Labute approximate surface area is 168 Å². The zero-order valence-corrected chi connectivity index (χ0v) is 15.7. The normalized spacial score (nSPS) is 17.2. The SMILES string of the molecule is O=C(NCc1cccnc1)C1CC1C(=O)Nc1ccccc1Oc1ccccc1. The molecule has 4 rings (SSSR count). The maximum atomic E-state index is 12.6. The summed E-state index contributed by atoms with van der Waals surface area (Å²) in [5, 5.41) is 5.77. The van der Waals surface area contributed by atoms with E-state index in [1.165, 1.54) is 0 Å². The van der Waals surface area contributed by atoms with E-state index in [9.17, 15) is 9.59 Å². The largest absolute Gasteiger partial charge is 0.455 e. The van der Waals surface area contributed by atoms with Gasteiger partial charge in [-0.15, -0.1) is 0 Å². The van der Waals surface area contributed by atoms with Crippen LogP contribution >= 0.6 is 0 Å². The van der Waals surface area contributed by atoms with Gasteiger partial charge in [0.2, 0.25) is 11.8 Å². The summed E-state index contributed by atoms with van der Waals surface area (Å²) in [5.41, 5.74) is 1.51. The lowest BCUT2D eigenvalue weighted by Crippen LogP contribution is -2.27. The summed E-state index contributed by atoms with van der Waals surface area (Å²) in [4.78, 5) is 29.0. The highest BCUT2D eigenvalue weighted by atomic mass is 16.5. The van der Waals surface area contributed by atoms with E-state index in [-0.39, 0.29) is 23.7 Å². The zero-order valence-electron chi connectivity index (χ0n) is 15.7. The third-order valence-electron chi connectivity index (χ3n) is 4.77. The summed E-state index contributed by atoms with van der Waals surface area (Å²) in [7, 11) is 0. The molecule has 1 fully saturated rings. The fraction of sp³-hybridized carbons (Fsp3) is 0.174. The average Bonchev–Trinajstić information content (AvgIpc) is 3.56. The molecule has 2 amide bonds. The van der Waals surface area contributed by atoms with E-state index in [0.29, 0.717) is 30.2 Å². The molecule has 6 heteroatoms. The van der Waals surface area contributed by atoms with Crippen molar-refractivity contribution >= 4 is 17.5 Å². The molecule has 3 aromatic rings.